The molecular weight excluding hydrogens is 377 g/mol. The van der Waals surface area contributed by atoms with Crippen LogP contribution in [0, 0.1) is 5.82 Å². The van der Waals surface area contributed by atoms with Crippen molar-refractivity contribution in [3.63, 3.8) is 0 Å². The maximum absolute atomic E-state index is 13.2. The van der Waals surface area contributed by atoms with Crippen molar-refractivity contribution in [2.75, 3.05) is 6.54 Å². The van der Waals surface area contributed by atoms with Gasteiger partial charge < -0.3 is 0 Å². The molecule has 0 N–H and O–H groups in total. The van der Waals surface area contributed by atoms with Crippen LogP contribution in [0.1, 0.15) is 48.5 Å². The largest absolute Gasteiger partial charge is 0.243 e. The van der Waals surface area contributed by atoms with Gasteiger partial charge in [0.15, 0.2) is 5.82 Å². The zero-order chi connectivity index (χ0) is 17.9. The minimum Gasteiger partial charge on any atom is -0.207 e. The number of rotatable bonds is 4. The molecule has 1 unspecified atom stereocenters. The monoisotopic (exact) mass is 393 g/mol. The van der Waals surface area contributed by atoms with E-state index in [1.165, 1.54) is 39.9 Å². The van der Waals surface area contributed by atoms with Gasteiger partial charge in [0, 0.05) is 12.5 Å². The molecule has 3 heterocycles. The van der Waals surface area contributed by atoms with Gasteiger partial charge >= 0.3 is 0 Å². The smallest absolute Gasteiger partial charge is 0.207 e. The highest BCUT2D eigenvalue weighted by atomic mass is 32.2. The van der Waals surface area contributed by atoms with Crippen LogP contribution >= 0.6 is 11.3 Å². The van der Waals surface area contributed by atoms with Crippen molar-refractivity contribution in [2.24, 2.45) is 0 Å². The Balaban J connectivity index is 1.51. The second kappa shape index (κ2) is 5.80. The minimum atomic E-state index is -3.70. The first-order chi connectivity index (χ1) is 12.5. The summed E-state index contributed by atoms with van der Waals surface area (Å²) in [5.74, 6) is 0.833. The Labute approximate surface area is 153 Å². The summed E-state index contributed by atoms with van der Waals surface area (Å²) in [6.07, 6.45) is 3.67. The topological polar surface area (TPSA) is 80.5 Å². The Kier molecular flexibility index (Phi) is 3.63. The Morgan fingerprint density at radius 3 is 2.62 bits per heavy atom. The lowest BCUT2D eigenvalue weighted by Crippen LogP contribution is -2.30. The molecule has 0 spiro atoms. The van der Waals surface area contributed by atoms with E-state index in [9.17, 15) is 12.8 Å². The van der Waals surface area contributed by atoms with Crippen LogP contribution in [0.15, 0.2) is 29.2 Å². The van der Waals surface area contributed by atoms with E-state index in [2.05, 4.69) is 15.3 Å². The standard InChI is InChI=1S/C16H16FN5O2S2/c17-11-5-7-12(8-6-11)26(23,24)21-9-1-2-13(21)15-20-22-14(10-3-4-10)18-19-16(22)25-15/h5-8,10,13H,1-4,9H2. The molecule has 7 nitrogen and oxygen atoms in total. The van der Waals surface area contributed by atoms with Gasteiger partial charge in [-0.25, -0.2) is 12.8 Å². The molecular formula is C16H16FN5O2S2. The second-order valence-electron chi connectivity index (χ2n) is 6.69. The molecule has 1 aliphatic heterocycles. The van der Waals surface area contributed by atoms with Gasteiger partial charge in [0.2, 0.25) is 15.0 Å². The summed E-state index contributed by atoms with van der Waals surface area (Å²) in [6.45, 7) is 0.431. The van der Waals surface area contributed by atoms with Crippen molar-refractivity contribution in [2.45, 2.75) is 42.5 Å². The summed E-state index contributed by atoms with van der Waals surface area (Å²) < 4.78 is 42.4. The van der Waals surface area contributed by atoms with E-state index in [0.717, 1.165) is 30.1 Å². The molecule has 136 valence electrons. The van der Waals surface area contributed by atoms with Gasteiger partial charge in [-0.3, -0.25) is 0 Å². The molecule has 1 saturated carbocycles. The van der Waals surface area contributed by atoms with Crippen LogP contribution in [0.2, 0.25) is 0 Å². The van der Waals surface area contributed by atoms with Crippen LogP contribution in [0.3, 0.4) is 0 Å². The maximum Gasteiger partial charge on any atom is 0.243 e. The average molecular weight is 393 g/mol. The van der Waals surface area contributed by atoms with Gasteiger partial charge in [-0.2, -0.15) is 13.9 Å². The first kappa shape index (κ1) is 16.3. The summed E-state index contributed by atoms with van der Waals surface area (Å²) in [5.41, 5.74) is 0. The number of halogens is 1. The first-order valence-electron chi connectivity index (χ1n) is 8.53. The van der Waals surface area contributed by atoms with Gasteiger partial charge in [0.25, 0.3) is 0 Å². The summed E-state index contributed by atoms with van der Waals surface area (Å²) in [6, 6.07) is 4.64. The quantitative estimate of drug-likeness (QED) is 0.681. The molecule has 26 heavy (non-hydrogen) atoms. The molecule has 1 aromatic carbocycles. The molecule has 0 radical (unpaired) electrons. The predicted octanol–water partition coefficient (Wildman–Crippen LogP) is 2.73. The molecule has 1 saturated heterocycles. The predicted molar refractivity (Wildman–Crippen MR) is 92.9 cm³/mol. The van der Waals surface area contributed by atoms with Crippen molar-refractivity contribution in [1.29, 1.82) is 0 Å². The summed E-state index contributed by atoms with van der Waals surface area (Å²) >= 11 is 1.39. The lowest BCUT2D eigenvalue weighted by Gasteiger charge is -2.22. The Bertz CT molecular complexity index is 1070. The molecule has 10 heteroatoms. The van der Waals surface area contributed by atoms with Crippen molar-refractivity contribution in [1.82, 2.24) is 24.1 Å². The molecule has 2 fully saturated rings. The molecule has 1 aliphatic carbocycles. The third-order valence-corrected chi connectivity index (χ3v) is 7.80. The van der Waals surface area contributed by atoms with Crippen molar-refractivity contribution >= 4 is 26.3 Å². The average Bonchev–Trinajstić information content (AvgIpc) is 3.04. The molecule has 0 amide bonds. The fourth-order valence-corrected chi connectivity index (χ4v) is 6.11. The van der Waals surface area contributed by atoms with Crippen LogP contribution in [0.25, 0.3) is 4.96 Å². The van der Waals surface area contributed by atoms with E-state index in [4.69, 9.17) is 0 Å². The number of hydrogen-bond donors (Lipinski definition) is 0. The number of aromatic nitrogens is 4. The SMILES string of the molecule is O=S(=O)(c1ccc(F)cc1)N1CCCC1c1nn2c(C3CC3)nnc2s1. The van der Waals surface area contributed by atoms with Crippen LogP contribution in [-0.4, -0.2) is 39.1 Å². The van der Waals surface area contributed by atoms with E-state index in [1.54, 1.807) is 4.52 Å². The Morgan fingerprint density at radius 2 is 1.88 bits per heavy atom. The van der Waals surface area contributed by atoms with E-state index < -0.39 is 15.8 Å². The molecule has 1 atom stereocenters. The lowest BCUT2D eigenvalue weighted by atomic mass is 10.2. The van der Waals surface area contributed by atoms with Crippen molar-refractivity contribution in [3.05, 3.63) is 40.9 Å². The fraction of sp³-hybridized carbons (Fsp3) is 0.438. The Morgan fingerprint density at radius 1 is 1.12 bits per heavy atom. The zero-order valence-electron chi connectivity index (χ0n) is 13.7. The molecule has 2 aliphatic rings. The highest BCUT2D eigenvalue weighted by molar-refractivity contribution is 7.89. The van der Waals surface area contributed by atoms with Crippen LogP contribution in [-0.2, 0) is 10.0 Å². The van der Waals surface area contributed by atoms with Gasteiger partial charge in [0.05, 0.1) is 10.9 Å². The van der Waals surface area contributed by atoms with E-state index in [0.29, 0.717) is 23.8 Å². The zero-order valence-corrected chi connectivity index (χ0v) is 15.4. The highest BCUT2D eigenvalue weighted by Gasteiger charge is 2.39. The molecule has 2 aromatic heterocycles. The lowest BCUT2D eigenvalue weighted by molar-refractivity contribution is 0.393. The number of sulfonamides is 1. The molecule has 0 bridgehead atoms. The summed E-state index contributed by atoms with van der Waals surface area (Å²) in [4.78, 5) is 0.806. The maximum atomic E-state index is 13.2. The summed E-state index contributed by atoms with van der Waals surface area (Å²) in [7, 11) is -3.70. The number of hydrogen-bond acceptors (Lipinski definition) is 6. The van der Waals surface area contributed by atoms with Gasteiger partial charge in [-0.05, 0) is 49.9 Å². The van der Waals surface area contributed by atoms with Gasteiger partial charge in [-0.15, -0.1) is 10.2 Å². The van der Waals surface area contributed by atoms with Gasteiger partial charge in [0.1, 0.15) is 10.8 Å². The number of benzene rings is 1. The Hall–Kier alpha value is -1.91. The minimum absolute atomic E-state index is 0.104. The summed E-state index contributed by atoms with van der Waals surface area (Å²) in [5, 5.41) is 13.8. The van der Waals surface area contributed by atoms with Crippen LogP contribution in [0.4, 0.5) is 4.39 Å². The fourth-order valence-electron chi connectivity index (χ4n) is 3.39. The first-order valence-corrected chi connectivity index (χ1v) is 10.8. The number of fused-ring (bicyclic) bond motifs is 1. The van der Waals surface area contributed by atoms with Crippen molar-refractivity contribution in [3.8, 4) is 0 Å². The normalized spacial score (nSPS) is 21.7. The third kappa shape index (κ3) is 2.55. The number of nitrogens with zero attached hydrogens (tertiary/aromatic N) is 5. The van der Waals surface area contributed by atoms with E-state index in [-0.39, 0.29) is 10.9 Å². The van der Waals surface area contributed by atoms with Crippen LogP contribution in [0.5, 0.6) is 0 Å². The van der Waals surface area contributed by atoms with Crippen molar-refractivity contribution < 1.29 is 12.8 Å². The molecule has 3 aromatic rings. The third-order valence-electron chi connectivity index (χ3n) is 4.88. The highest BCUT2D eigenvalue weighted by Crippen LogP contribution is 2.41. The van der Waals surface area contributed by atoms with Crippen LogP contribution < -0.4 is 0 Å². The van der Waals surface area contributed by atoms with E-state index >= 15 is 0 Å². The van der Waals surface area contributed by atoms with Gasteiger partial charge in [-0.1, -0.05) is 11.3 Å². The second-order valence-corrected chi connectivity index (χ2v) is 9.57. The molecule has 5 rings (SSSR count). The van der Waals surface area contributed by atoms with E-state index in [1.807, 2.05) is 0 Å².